The molecule has 2 heterocycles. The molecular weight excluding hydrogens is 244 g/mol. The van der Waals surface area contributed by atoms with Gasteiger partial charge in [0.1, 0.15) is 0 Å². The van der Waals surface area contributed by atoms with Crippen molar-refractivity contribution in [2.45, 2.75) is 0 Å². The van der Waals surface area contributed by atoms with E-state index in [0.29, 0.717) is 22.7 Å². The molecule has 6 nitrogen and oxygen atoms in total. The molecule has 2 aromatic heterocycles. The quantitative estimate of drug-likeness (QED) is 0.725. The van der Waals surface area contributed by atoms with Crippen LogP contribution in [-0.4, -0.2) is 25.7 Å². The molecule has 0 radical (unpaired) electrons. The van der Waals surface area contributed by atoms with E-state index in [1.165, 1.54) is 6.07 Å². The number of nitrogens with zero attached hydrogens (tertiary/aromatic N) is 3. The summed E-state index contributed by atoms with van der Waals surface area (Å²) in [6, 6.07) is 10.00. The summed E-state index contributed by atoms with van der Waals surface area (Å²) in [5.74, 6) is -0.511. The number of anilines is 1. The molecule has 19 heavy (non-hydrogen) atoms. The van der Waals surface area contributed by atoms with Crippen LogP contribution in [0.25, 0.3) is 17.0 Å². The van der Waals surface area contributed by atoms with Crippen LogP contribution in [0.4, 0.5) is 5.69 Å². The Morgan fingerprint density at radius 2 is 2.11 bits per heavy atom. The molecule has 0 fully saturated rings. The number of pyridine rings is 1. The predicted molar refractivity (Wildman–Crippen MR) is 69.8 cm³/mol. The lowest BCUT2D eigenvalue weighted by Crippen LogP contribution is -1.96. The number of benzene rings is 1. The topological polar surface area (TPSA) is 93.5 Å². The number of hydrogen-bond acceptors (Lipinski definition) is 4. The minimum absolute atomic E-state index is 0.205. The number of nitrogens with two attached hydrogens (primary N) is 1. The van der Waals surface area contributed by atoms with Crippen molar-refractivity contribution >= 4 is 17.3 Å². The van der Waals surface area contributed by atoms with Crippen LogP contribution in [0.3, 0.4) is 0 Å². The summed E-state index contributed by atoms with van der Waals surface area (Å²) in [6.07, 6.45) is 1.66. The van der Waals surface area contributed by atoms with Gasteiger partial charge in [-0.15, -0.1) is 5.10 Å². The van der Waals surface area contributed by atoms with Crippen molar-refractivity contribution in [1.82, 2.24) is 14.6 Å². The minimum Gasteiger partial charge on any atom is -0.478 e. The van der Waals surface area contributed by atoms with Gasteiger partial charge in [-0.25, -0.2) is 14.3 Å². The molecule has 0 saturated carbocycles. The number of hydrogen-bond donors (Lipinski definition) is 2. The lowest BCUT2D eigenvalue weighted by atomic mass is 10.1. The molecule has 3 N–H and O–H groups in total. The first kappa shape index (κ1) is 11.2. The average molecular weight is 254 g/mol. The van der Waals surface area contributed by atoms with Crippen LogP contribution in [-0.2, 0) is 0 Å². The molecule has 0 amide bonds. The summed E-state index contributed by atoms with van der Waals surface area (Å²) in [5.41, 5.74) is 7.77. The Morgan fingerprint density at radius 1 is 1.26 bits per heavy atom. The smallest absolute Gasteiger partial charge is 0.335 e. The van der Waals surface area contributed by atoms with Gasteiger partial charge in [-0.2, -0.15) is 0 Å². The third-order valence-corrected chi connectivity index (χ3v) is 2.72. The van der Waals surface area contributed by atoms with Gasteiger partial charge in [0.15, 0.2) is 11.5 Å². The van der Waals surface area contributed by atoms with Crippen molar-refractivity contribution in [2.24, 2.45) is 0 Å². The van der Waals surface area contributed by atoms with Crippen molar-refractivity contribution in [3.63, 3.8) is 0 Å². The van der Waals surface area contributed by atoms with Crippen LogP contribution in [0.2, 0.25) is 0 Å². The molecule has 94 valence electrons. The molecule has 0 atom stereocenters. The SMILES string of the molecule is Nc1ccc2nc(-c3cccc(C(=O)O)c3)nn2c1. The fourth-order valence-corrected chi connectivity index (χ4v) is 1.81. The van der Waals surface area contributed by atoms with Crippen LogP contribution < -0.4 is 5.73 Å². The Kier molecular flexibility index (Phi) is 2.42. The first-order chi connectivity index (χ1) is 9.13. The van der Waals surface area contributed by atoms with Crippen LogP contribution in [0, 0.1) is 0 Å². The number of aromatic carboxylic acids is 1. The van der Waals surface area contributed by atoms with Gasteiger partial charge in [0, 0.05) is 5.56 Å². The van der Waals surface area contributed by atoms with Crippen molar-refractivity contribution in [3.8, 4) is 11.4 Å². The summed E-state index contributed by atoms with van der Waals surface area (Å²) in [4.78, 5) is 15.3. The predicted octanol–water partition coefficient (Wildman–Crippen LogP) is 1.68. The second kappa shape index (κ2) is 4.09. The zero-order valence-corrected chi connectivity index (χ0v) is 9.82. The van der Waals surface area contributed by atoms with Crippen LogP contribution >= 0.6 is 0 Å². The van der Waals surface area contributed by atoms with E-state index in [2.05, 4.69) is 10.1 Å². The van der Waals surface area contributed by atoms with E-state index >= 15 is 0 Å². The number of carboxylic acid groups (broad SMARTS) is 1. The molecule has 0 spiro atoms. The Labute approximate surface area is 108 Å². The van der Waals surface area contributed by atoms with E-state index in [-0.39, 0.29) is 5.56 Å². The molecular formula is C13H10N4O2. The van der Waals surface area contributed by atoms with Crippen LogP contribution in [0.15, 0.2) is 42.6 Å². The molecule has 3 rings (SSSR count). The highest BCUT2D eigenvalue weighted by Gasteiger charge is 2.09. The molecule has 3 aromatic rings. The van der Waals surface area contributed by atoms with E-state index in [4.69, 9.17) is 10.8 Å². The Bertz CT molecular complexity index is 779. The van der Waals surface area contributed by atoms with Gasteiger partial charge in [0.2, 0.25) is 0 Å². The number of rotatable bonds is 2. The molecule has 1 aromatic carbocycles. The first-order valence-electron chi connectivity index (χ1n) is 5.59. The maximum atomic E-state index is 10.9. The molecule has 0 bridgehead atoms. The third-order valence-electron chi connectivity index (χ3n) is 2.72. The Balaban J connectivity index is 2.13. The number of carbonyl (C=O) groups is 1. The number of aromatic nitrogens is 3. The van der Waals surface area contributed by atoms with Gasteiger partial charge in [0.25, 0.3) is 0 Å². The minimum atomic E-state index is -0.977. The van der Waals surface area contributed by atoms with Crippen molar-refractivity contribution < 1.29 is 9.90 Å². The number of nitrogen functional groups attached to an aromatic ring is 1. The van der Waals surface area contributed by atoms with E-state index in [9.17, 15) is 4.79 Å². The van der Waals surface area contributed by atoms with E-state index in [1.807, 2.05) is 0 Å². The molecule has 6 heteroatoms. The summed E-state index contributed by atoms with van der Waals surface area (Å²) in [7, 11) is 0. The summed E-state index contributed by atoms with van der Waals surface area (Å²) in [6.45, 7) is 0. The largest absolute Gasteiger partial charge is 0.478 e. The van der Waals surface area contributed by atoms with Gasteiger partial charge >= 0.3 is 5.97 Å². The highest BCUT2D eigenvalue weighted by atomic mass is 16.4. The Morgan fingerprint density at radius 3 is 2.89 bits per heavy atom. The Hall–Kier alpha value is -2.89. The van der Waals surface area contributed by atoms with Gasteiger partial charge in [0.05, 0.1) is 17.4 Å². The van der Waals surface area contributed by atoms with E-state index in [1.54, 1.807) is 41.0 Å². The molecule has 0 unspecified atom stereocenters. The van der Waals surface area contributed by atoms with Crippen molar-refractivity contribution in [3.05, 3.63) is 48.2 Å². The molecule has 0 aliphatic heterocycles. The normalized spacial score (nSPS) is 10.7. The summed E-state index contributed by atoms with van der Waals surface area (Å²) in [5, 5.41) is 13.2. The van der Waals surface area contributed by atoms with Gasteiger partial charge in [-0.1, -0.05) is 12.1 Å². The maximum Gasteiger partial charge on any atom is 0.335 e. The van der Waals surface area contributed by atoms with E-state index in [0.717, 1.165) is 0 Å². The zero-order chi connectivity index (χ0) is 13.4. The van der Waals surface area contributed by atoms with Crippen molar-refractivity contribution in [2.75, 3.05) is 5.73 Å². The molecule has 0 saturated heterocycles. The number of fused-ring (bicyclic) bond motifs is 1. The average Bonchev–Trinajstić information content (AvgIpc) is 2.81. The fraction of sp³-hybridized carbons (Fsp3) is 0. The second-order valence-electron chi connectivity index (χ2n) is 4.09. The highest BCUT2D eigenvalue weighted by Crippen LogP contribution is 2.18. The van der Waals surface area contributed by atoms with Crippen LogP contribution in [0.5, 0.6) is 0 Å². The fourth-order valence-electron chi connectivity index (χ4n) is 1.81. The first-order valence-corrected chi connectivity index (χ1v) is 5.59. The highest BCUT2D eigenvalue weighted by molar-refractivity contribution is 5.89. The van der Waals surface area contributed by atoms with Gasteiger partial charge in [-0.05, 0) is 24.3 Å². The maximum absolute atomic E-state index is 10.9. The molecule has 0 aliphatic rings. The van der Waals surface area contributed by atoms with Crippen LogP contribution in [0.1, 0.15) is 10.4 Å². The summed E-state index contributed by atoms with van der Waals surface area (Å²) >= 11 is 0. The monoisotopic (exact) mass is 254 g/mol. The van der Waals surface area contributed by atoms with Crippen molar-refractivity contribution in [1.29, 1.82) is 0 Å². The summed E-state index contributed by atoms with van der Waals surface area (Å²) < 4.78 is 1.57. The van der Waals surface area contributed by atoms with Gasteiger partial charge in [-0.3, -0.25) is 0 Å². The van der Waals surface area contributed by atoms with Gasteiger partial charge < -0.3 is 10.8 Å². The van der Waals surface area contributed by atoms with E-state index < -0.39 is 5.97 Å². The second-order valence-corrected chi connectivity index (χ2v) is 4.09. The lowest BCUT2D eigenvalue weighted by Gasteiger charge is -1.97. The third kappa shape index (κ3) is 1.99. The lowest BCUT2D eigenvalue weighted by molar-refractivity contribution is 0.0697. The molecule has 0 aliphatic carbocycles. The standard InChI is InChI=1S/C13H10N4O2/c14-10-4-5-11-15-12(16-17(11)7-10)8-2-1-3-9(6-8)13(18)19/h1-7H,14H2,(H,18,19). The number of carboxylic acids is 1. The zero-order valence-electron chi connectivity index (χ0n) is 9.82.